The Hall–Kier alpha value is -4.51. The van der Waals surface area contributed by atoms with Crippen molar-refractivity contribution >= 4 is 28.3 Å². The van der Waals surface area contributed by atoms with E-state index in [1.54, 1.807) is 6.07 Å². The molecule has 1 aliphatic heterocycles. The molecule has 0 bridgehead atoms. The third kappa shape index (κ3) is 5.71. The SMILES string of the molecule is O=C(NCC(F)(F)F)C1(CCCCN2CCN(c3ccc4cc([N+](=O)[O-])ccc4n3)CC2)c2ccccc2-c2ccccc21. The molecule has 1 fully saturated rings. The number of piperazine rings is 1. The largest absolute Gasteiger partial charge is 0.405 e. The Labute approximate surface area is 252 Å². The second kappa shape index (κ2) is 11.9. The van der Waals surface area contributed by atoms with Crippen molar-refractivity contribution in [3.63, 3.8) is 0 Å². The normalized spacial score (nSPS) is 16.0. The molecule has 1 aromatic heterocycles. The van der Waals surface area contributed by atoms with Gasteiger partial charge in [-0.15, -0.1) is 0 Å². The highest BCUT2D eigenvalue weighted by Gasteiger charge is 2.49. The number of halogens is 3. The Morgan fingerprint density at radius 3 is 2.20 bits per heavy atom. The number of carbonyl (C=O) groups is 1. The molecule has 1 aliphatic carbocycles. The molecule has 0 atom stereocenters. The lowest BCUT2D eigenvalue weighted by Gasteiger charge is -2.36. The first-order valence-corrected chi connectivity index (χ1v) is 14.7. The van der Waals surface area contributed by atoms with Crippen LogP contribution in [-0.4, -0.2) is 66.2 Å². The number of hydrogen-bond acceptors (Lipinski definition) is 6. The van der Waals surface area contributed by atoms with Crippen molar-refractivity contribution in [2.45, 2.75) is 30.9 Å². The lowest BCUT2D eigenvalue weighted by atomic mass is 9.73. The van der Waals surface area contributed by atoms with Crippen LogP contribution in [0.4, 0.5) is 24.7 Å². The van der Waals surface area contributed by atoms with Gasteiger partial charge in [0.05, 0.1) is 10.4 Å². The molecular weight excluding hydrogens is 571 g/mol. The Morgan fingerprint density at radius 1 is 0.909 bits per heavy atom. The summed E-state index contributed by atoms with van der Waals surface area (Å²) in [5.41, 5.74) is 2.86. The van der Waals surface area contributed by atoms with E-state index in [4.69, 9.17) is 4.98 Å². The molecule has 8 nitrogen and oxygen atoms in total. The van der Waals surface area contributed by atoms with Crippen LogP contribution in [0, 0.1) is 10.1 Å². The van der Waals surface area contributed by atoms with Crippen LogP contribution >= 0.6 is 0 Å². The van der Waals surface area contributed by atoms with Gasteiger partial charge in [-0.05, 0) is 59.8 Å². The first-order valence-electron chi connectivity index (χ1n) is 14.7. The van der Waals surface area contributed by atoms with E-state index >= 15 is 0 Å². The smallest absolute Gasteiger partial charge is 0.354 e. The Balaban J connectivity index is 1.10. The van der Waals surface area contributed by atoms with Crippen molar-refractivity contribution in [3.05, 3.63) is 100 Å². The number of carbonyl (C=O) groups excluding carboxylic acids is 1. The molecule has 2 heterocycles. The molecule has 0 unspecified atom stereocenters. The summed E-state index contributed by atoms with van der Waals surface area (Å²) in [5.74, 6) is 0.217. The van der Waals surface area contributed by atoms with Crippen molar-refractivity contribution in [1.29, 1.82) is 0 Å². The topological polar surface area (TPSA) is 91.6 Å². The fourth-order valence-electron chi connectivity index (χ4n) is 6.60. The van der Waals surface area contributed by atoms with E-state index in [9.17, 15) is 28.1 Å². The Bertz CT molecular complexity index is 1660. The van der Waals surface area contributed by atoms with Crippen LogP contribution < -0.4 is 10.2 Å². The van der Waals surface area contributed by atoms with Gasteiger partial charge < -0.3 is 10.2 Å². The number of pyridine rings is 1. The van der Waals surface area contributed by atoms with E-state index in [-0.39, 0.29) is 5.69 Å². The highest BCUT2D eigenvalue weighted by molar-refractivity contribution is 6.00. The molecule has 1 saturated heterocycles. The number of fused-ring (bicyclic) bond motifs is 4. The average molecular weight is 604 g/mol. The first kappa shape index (κ1) is 29.6. The van der Waals surface area contributed by atoms with Crippen LogP contribution in [0.25, 0.3) is 22.0 Å². The summed E-state index contributed by atoms with van der Waals surface area (Å²) in [7, 11) is 0. The van der Waals surface area contributed by atoms with Gasteiger partial charge in [-0.25, -0.2) is 4.98 Å². The van der Waals surface area contributed by atoms with Crippen molar-refractivity contribution in [2.75, 3.05) is 44.2 Å². The minimum Gasteiger partial charge on any atom is -0.354 e. The molecule has 1 N–H and O–H groups in total. The number of anilines is 1. The molecule has 1 amide bonds. The van der Waals surface area contributed by atoms with Crippen LogP contribution in [0.15, 0.2) is 78.9 Å². The summed E-state index contributed by atoms with van der Waals surface area (Å²) in [5, 5.41) is 14.0. The molecule has 44 heavy (non-hydrogen) atoms. The van der Waals surface area contributed by atoms with E-state index < -0.39 is 29.0 Å². The number of hydrogen-bond donors (Lipinski definition) is 1. The summed E-state index contributed by atoms with van der Waals surface area (Å²) >= 11 is 0. The molecule has 0 spiro atoms. The van der Waals surface area contributed by atoms with Gasteiger partial charge in [0.2, 0.25) is 5.91 Å². The zero-order valence-electron chi connectivity index (χ0n) is 24.0. The molecule has 228 valence electrons. The summed E-state index contributed by atoms with van der Waals surface area (Å²) in [6.07, 6.45) is -2.63. The highest BCUT2D eigenvalue weighted by Crippen LogP contribution is 2.51. The summed E-state index contributed by atoms with van der Waals surface area (Å²) in [6.45, 7) is 2.64. The van der Waals surface area contributed by atoms with Crippen LogP contribution in [-0.2, 0) is 10.2 Å². The third-order valence-electron chi connectivity index (χ3n) is 8.74. The van der Waals surface area contributed by atoms with Gasteiger partial charge in [0.1, 0.15) is 17.8 Å². The van der Waals surface area contributed by atoms with Gasteiger partial charge in [0.25, 0.3) is 5.69 Å². The molecule has 0 radical (unpaired) electrons. The van der Waals surface area contributed by atoms with Gasteiger partial charge in [-0.3, -0.25) is 19.8 Å². The molecule has 4 aromatic rings. The summed E-state index contributed by atoms with van der Waals surface area (Å²) < 4.78 is 39.4. The molecule has 2 aliphatic rings. The number of aromatic nitrogens is 1. The van der Waals surface area contributed by atoms with Crippen molar-refractivity contribution in [2.24, 2.45) is 0 Å². The quantitative estimate of drug-likeness (QED) is 0.142. The zero-order valence-corrected chi connectivity index (χ0v) is 24.0. The average Bonchev–Trinajstić information content (AvgIpc) is 3.32. The zero-order chi connectivity index (χ0) is 30.9. The monoisotopic (exact) mass is 603 g/mol. The summed E-state index contributed by atoms with van der Waals surface area (Å²) in [4.78, 5) is 33.6. The maximum Gasteiger partial charge on any atom is 0.405 e. The van der Waals surface area contributed by atoms with Gasteiger partial charge in [0.15, 0.2) is 0 Å². The second-order valence-corrected chi connectivity index (χ2v) is 11.4. The predicted molar refractivity (Wildman–Crippen MR) is 163 cm³/mol. The Morgan fingerprint density at radius 2 is 1.57 bits per heavy atom. The number of non-ortho nitro benzene ring substituents is 1. The number of unbranched alkanes of at least 4 members (excludes halogenated alkanes) is 1. The fraction of sp³-hybridized carbons (Fsp3) is 0.333. The van der Waals surface area contributed by atoms with E-state index in [0.29, 0.717) is 18.4 Å². The highest BCUT2D eigenvalue weighted by atomic mass is 19.4. The number of nitro groups is 1. The maximum atomic E-state index is 13.7. The van der Waals surface area contributed by atoms with Crippen LogP contribution in [0.2, 0.25) is 0 Å². The van der Waals surface area contributed by atoms with Crippen LogP contribution in [0.5, 0.6) is 0 Å². The molecule has 6 rings (SSSR count). The number of nitrogens with zero attached hydrogens (tertiary/aromatic N) is 4. The number of amides is 1. The van der Waals surface area contributed by atoms with Gasteiger partial charge in [-0.1, -0.05) is 55.0 Å². The van der Waals surface area contributed by atoms with E-state index in [1.165, 1.54) is 12.1 Å². The number of alkyl halides is 3. The van der Waals surface area contributed by atoms with Gasteiger partial charge in [0, 0.05) is 43.7 Å². The molecule has 3 aromatic carbocycles. The minimum absolute atomic E-state index is 0.0369. The van der Waals surface area contributed by atoms with Crippen LogP contribution in [0.3, 0.4) is 0 Å². The lowest BCUT2D eigenvalue weighted by molar-refractivity contribution is -0.384. The molecule has 0 saturated carbocycles. The maximum absolute atomic E-state index is 13.7. The fourth-order valence-corrected chi connectivity index (χ4v) is 6.60. The Kier molecular flexibility index (Phi) is 7.98. The van der Waals surface area contributed by atoms with E-state index in [1.807, 2.05) is 60.7 Å². The van der Waals surface area contributed by atoms with Crippen molar-refractivity contribution < 1.29 is 22.9 Å². The second-order valence-electron chi connectivity index (χ2n) is 11.4. The van der Waals surface area contributed by atoms with E-state index in [2.05, 4.69) is 15.1 Å². The predicted octanol–water partition coefficient (Wildman–Crippen LogP) is 6.08. The van der Waals surface area contributed by atoms with Crippen molar-refractivity contribution in [1.82, 2.24) is 15.2 Å². The van der Waals surface area contributed by atoms with E-state index in [0.717, 1.165) is 72.6 Å². The van der Waals surface area contributed by atoms with Gasteiger partial charge >= 0.3 is 6.18 Å². The standard InChI is InChI=1S/C33H32F3N5O3/c34-33(35,36)22-37-31(42)32(27-9-3-1-7-25(27)26-8-2-4-10-28(26)32)15-5-6-16-39-17-19-40(20-18-39)30-14-11-23-21-24(41(43)44)12-13-29(23)38-30/h1-4,7-14,21H,5-6,15-20,22H2,(H,37,42). The molecular formula is C33H32F3N5O3. The minimum atomic E-state index is -4.50. The molecule has 11 heteroatoms. The number of benzene rings is 3. The lowest BCUT2D eigenvalue weighted by Crippen LogP contribution is -2.47. The number of nitro benzene ring substituents is 1. The first-order chi connectivity index (χ1) is 21.2. The summed E-state index contributed by atoms with van der Waals surface area (Å²) in [6, 6.07) is 23.4. The van der Waals surface area contributed by atoms with Gasteiger partial charge in [-0.2, -0.15) is 13.2 Å². The number of rotatable bonds is 9. The van der Waals surface area contributed by atoms with Crippen molar-refractivity contribution in [3.8, 4) is 11.1 Å². The number of nitrogens with one attached hydrogen (secondary N) is 1. The third-order valence-corrected chi connectivity index (χ3v) is 8.74. The van der Waals surface area contributed by atoms with Crippen LogP contribution in [0.1, 0.15) is 30.4 Å².